The summed E-state index contributed by atoms with van der Waals surface area (Å²) in [6.45, 7) is 0.689. The number of benzene rings is 1. The van der Waals surface area contributed by atoms with Crippen molar-refractivity contribution >= 4 is 5.91 Å². The second-order valence-electron chi connectivity index (χ2n) is 2.75. The second-order valence-corrected chi connectivity index (χ2v) is 2.75. The maximum atomic E-state index is 11.0. The molecule has 1 aromatic rings. The zero-order chi connectivity index (χ0) is 9.68. The molecule has 70 valence electrons. The Kier molecular flexibility index (Phi) is 3.46. The smallest absolute Gasteiger partial charge is 0.251 e. The zero-order valence-corrected chi connectivity index (χ0v) is 7.83. The summed E-state index contributed by atoms with van der Waals surface area (Å²) in [5.74, 6) is 0.0515. The number of nitrogens with one attached hydrogen (secondary N) is 1. The molecule has 0 unspecified atom stereocenters. The summed E-state index contributed by atoms with van der Waals surface area (Å²) in [6.07, 6.45) is 0. The second kappa shape index (κ2) is 4.62. The lowest BCUT2D eigenvalue weighted by Crippen LogP contribution is -2.12. The number of carbonyl (C=O) groups is 1. The normalized spacial score (nSPS) is 12.6. The van der Waals surface area contributed by atoms with E-state index in [0.29, 0.717) is 6.54 Å². The van der Waals surface area contributed by atoms with Crippen LogP contribution in [0.15, 0.2) is 24.3 Å². The molecule has 0 aliphatic carbocycles. The average molecular weight is 179 g/mol. The number of fused-ring (bicyclic) bond motifs is 1. The van der Waals surface area contributed by atoms with Crippen LogP contribution in [-0.2, 0) is 11.3 Å². The summed E-state index contributed by atoms with van der Waals surface area (Å²) in [5, 5.41) is 2.75. The van der Waals surface area contributed by atoms with Gasteiger partial charge in [-0.1, -0.05) is 18.2 Å². The number of amides is 1. The Morgan fingerprint density at radius 3 is 2.54 bits per heavy atom. The number of methoxy groups -OCH3 is 1. The summed E-state index contributed by atoms with van der Waals surface area (Å²) in [5.41, 5.74) is 1.93. The molecule has 2 rings (SSSR count). The minimum absolute atomic E-state index is 0.0515. The monoisotopic (exact) mass is 179 g/mol. The largest absolute Gasteiger partial charge is 0.388 e. The van der Waals surface area contributed by atoms with Crippen molar-refractivity contribution in [2.75, 3.05) is 14.2 Å². The third kappa shape index (κ3) is 2.29. The Hall–Kier alpha value is -1.35. The van der Waals surface area contributed by atoms with Crippen molar-refractivity contribution in [3.63, 3.8) is 0 Å². The Labute approximate surface area is 77.7 Å². The summed E-state index contributed by atoms with van der Waals surface area (Å²) in [4.78, 5) is 11.0. The molecule has 0 saturated carbocycles. The highest BCUT2D eigenvalue weighted by molar-refractivity contribution is 5.98. The van der Waals surface area contributed by atoms with Gasteiger partial charge >= 0.3 is 0 Å². The average Bonchev–Trinajstić information content (AvgIpc) is 2.50. The summed E-state index contributed by atoms with van der Waals surface area (Å²) in [6, 6.07) is 7.63. The minimum Gasteiger partial charge on any atom is -0.388 e. The van der Waals surface area contributed by atoms with Crippen LogP contribution < -0.4 is 5.32 Å². The lowest BCUT2D eigenvalue weighted by Gasteiger charge is -1.89. The molecule has 13 heavy (non-hydrogen) atoms. The molecule has 0 radical (unpaired) electrons. The first kappa shape index (κ1) is 9.74. The first-order valence-corrected chi connectivity index (χ1v) is 4.06. The fourth-order valence-corrected chi connectivity index (χ4v) is 1.17. The highest BCUT2D eigenvalue weighted by Gasteiger charge is 2.16. The fourth-order valence-electron chi connectivity index (χ4n) is 1.17. The van der Waals surface area contributed by atoms with Crippen molar-refractivity contribution in [2.24, 2.45) is 0 Å². The van der Waals surface area contributed by atoms with Crippen molar-refractivity contribution in [1.82, 2.24) is 5.32 Å². The molecule has 1 N–H and O–H groups in total. The van der Waals surface area contributed by atoms with Crippen molar-refractivity contribution in [1.29, 1.82) is 0 Å². The van der Waals surface area contributed by atoms with Gasteiger partial charge in [0.15, 0.2) is 0 Å². The Morgan fingerprint density at radius 2 is 1.92 bits per heavy atom. The molecule has 1 aliphatic heterocycles. The lowest BCUT2D eigenvalue weighted by molar-refractivity contribution is 0.0966. The molecule has 1 aliphatic rings. The number of hydrogen-bond donors (Lipinski definition) is 1. The van der Waals surface area contributed by atoms with Crippen LogP contribution in [0.2, 0.25) is 0 Å². The molecule has 3 heteroatoms. The highest BCUT2D eigenvalue weighted by Crippen LogP contribution is 2.13. The molecule has 0 fully saturated rings. The third-order valence-corrected chi connectivity index (χ3v) is 1.70. The number of carbonyl (C=O) groups excluding carboxylic acids is 1. The highest BCUT2D eigenvalue weighted by atomic mass is 16.4. The Bertz CT molecular complexity index is 297. The van der Waals surface area contributed by atoms with Crippen molar-refractivity contribution < 1.29 is 9.53 Å². The lowest BCUT2D eigenvalue weighted by atomic mass is 10.1. The van der Waals surface area contributed by atoms with Gasteiger partial charge in [-0.05, 0) is 11.6 Å². The predicted octanol–water partition coefficient (Wildman–Crippen LogP) is 1.19. The van der Waals surface area contributed by atoms with E-state index in [1.807, 2.05) is 24.3 Å². The molecule has 1 heterocycles. The van der Waals surface area contributed by atoms with Gasteiger partial charge in [-0.15, -0.1) is 0 Å². The van der Waals surface area contributed by atoms with Crippen molar-refractivity contribution in [2.45, 2.75) is 6.54 Å². The van der Waals surface area contributed by atoms with Crippen LogP contribution in [-0.4, -0.2) is 20.1 Å². The fraction of sp³-hybridized carbons (Fsp3) is 0.300. The standard InChI is InChI=1S/C8H7NO.C2H6O/c10-8-7-4-2-1-3-6(7)5-9-8;1-3-2/h1-4H,5H2,(H,9,10);1-2H3. The maximum absolute atomic E-state index is 11.0. The van der Waals surface area contributed by atoms with Gasteiger partial charge in [0.05, 0.1) is 0 Å². The zero-order valence-electron chi connectivity index (χ0n) is 7.83. The van der Waals surface area contributed by atoms with E-state index in [1.165, 1.54) is 0 Å². The summed E-state index contributed by atoms with van der Waals surface area (Å²) >= 11 is 0. The quantitative estimate of drug-likeness (QED) is 0.649. The molecule has 0 atom stereocenters. The molecule has 1 amide bonds. The molecule has 0 aromatic heterocycles. The SMILES string of the molecule is COC.O=C1NCc2ccccc21. The van der Waals surface area contributed by atoms with E-state index in [2.05, 4.69) is 10.1 Å². The molecular weight excluding hydrogens is 166 g/mol. The summed E-state index contributed by atoms with van der Waals surface area (Å²) < 4.78 is 4.25. The van der Waals surface area contributed by atoms with Crippen LogP contribution in [0.3, 0.4) is 0 Å². The van der Waals surface area contributed by atoms with Crippen molar-refractivity contribution in [3.8, 4) is 0 Å². The van der Waals surface area contributed by atoms with Gasteiger partial charge in [0.1, 0.15) is 0 Å². The molecule has 0 spiro atoms. The van der Waals surface area contributed by atoms with Gasteiger partial charge in [0.25, 0.3) is 5.91 Å². The minimum atomic E-state index is 0.0515. The van der Waals surface area contributed by atoms with E-state index in [9.17, 15) is 4.79 Å². The van der Waals surface area contributed by atoms with E-state index in [-0.39, 0.29) is 5.91 Å². The van der Waals surface area contributed by atoms with E-state index in [1.54, 1.807) is 14.2 Å². The van der Waals surface area contributed by atoms with Gasteiger partial charge in [0, 0.05) is 26.3 Å². The topological polar surface area (TPSA) is 38.3 Å². The van der Waals surface area contributed by atoms with E-state index < -0.39 is 0 Å². The van der Waals surface area contributed by atoms with E-state index in [0.717, 1.165) is 11.1 Å². The van der Waals surface area contributed by atoms with Gasteiger partial charge in [-0.3, -0.25) is 4.79 Å². The van der Waals surface area contributed by atoms with Gasteiger partial charge in [-0.2, -0.15) is 0 Å². The Morgan fingerprint density at radius 1 is 1.31 bits per heavy atom. The molecule has 0 bridgehead atoms. The Balaban J connectivity index is 0.000000251. The van der Waals surface area contributed by atoms with Gasteiger partial charge < -0.3 is 10.1 Å². The van der Waals surface area contributed by atoms with Gasteiger partial charge in [0.2, 0.25) is 0 Å². The van der Waals surface area contributed by atoms with Crippen LogP contribution in [0, 0.1) is 0 Å². The third-order valence-electron chi connectivity index (χ3n) is 1.70. The molecule has 3 nitrogen and oxygen atoms in total. The van der Waals surface area contributed by atoms with Crippen LogP contribution >= 0.6 is 0 Å². The van der Waals surface area contributed by atoms with Crippen LogP contribution in [0.5, 0.6) is 0 Å². The number of ether oxygens (including phenoxy) is 1. The maximum Gasteiger partial charge on any atom is 0.251 e. The van der Waals surface area contributed by atoms with Crippen LogP contribution in [0.25, 0.3) is 0 Å². The first-order valence-electron chi connectivity index (χ1n) is 4.06. The van der Waals surface area contributed by atoms with E-state index >= 15 is 0 Å². The molecular formula is C10H13NO2. The van der Waals surface area contributed by atoms with Gasteiger partial charge in [-0.25, -0.2) is 0 Å². The summed E-state index contributed by atoms with van der Waals surface area (Å²) in [7, 11) is 3.25. The molecule has 0 saturated heterocycles. The van der Waals surface area contributed by atoms with Crippen LogP contribution in [0.1, 0.15) is 15.9 Å². The number of rotatable bonds is 0. The van der Waals surface area contributed by atoms with Crippen molar-refractivity contribution in [3.05, 3.63) is 35.4 Å². The molecule has 1 aromatic carbocycles. The predicted molar refractivity (Wildman–Crippen MR) is 50.5 cm³/mol. The number of hydrogen-bond acceptors (Lipinski definition) is 2. The first-order chi connectivity index (χ1) is 6.29. The van der Waals surface area contributed by atoms with Crippen LogP contribution in [0.4, 0.5) is 0 Å². The van der Waals surface area contributed by atoms with E-state index in [4.69, 9.17) is 0 Å².